The zero-order valence-electron chi connectivity index (χ0n) is 11.2. The third kappa shape index (κ3) is 4.41. The lowest BCUT2D eigenvalue weighted by atomic mass is 10.3. The van der Waals surface area contributed by atoms with Gasteiger partial charge < -0.3 is 10.1 Å². The molecule has 0 unspecified atom stereocenters. The smallest absolute Gasteiger partial charge is 0.266 e. The number of halogens is 1. The summed E-state index contributed by atoms with van der Waals surface area (Å²) in [5, 5.41) is 6.41. The molecule has 0 spiro atoms. The summed E-state index contributed by atoms with van der Waals surface area (Å²) in [6.07, 6.45) is 1.49. The largest absolute Gasteiger partial charge is 0.481 e. The summed E-state index contributed by atoms with van der Waals surface area (Å²) in [5.74, 6) is -0.902. The van der Waals surface area contributed by atoms with Crippen molar-refractivity contribution in [3.05, 3.63) is 58.8 Å². The SMILES string of the molecule is O=C(COc1ccccc1F)NCCn1ncccc1=O. The number of carbonyl (C=O) groups is 1. The van der Waals surface area contributed by atoms with Crippen LogP contribution >= 0.6 is 0 Å². The highest BCUT2D eigenvalue weighted by Crippen LogP contribution is 2.14. The number of aromatic nitrogens is 2. The summed E-state index contributed by atoms with van der Waals surface area (Å²) in [6, 6.07) is 8.77. The van der Waals surface area contributed by atoms with E-state index in [0.29, 0.717) is 0 Å². The predicted octanol–water partition coefficient (Wildman–Crippen LogP) is 0.578. The molecule has 0 saturated heterocycles. The Hall–Kier alpha value is -2.70. The van der Waals surface area contributed by atoms with Crippen LogP contribution in [0.3, 0.4) is 0 Å². The molecular weight excluding hydrogens is 277 g/mol. The maximum atomic E-state index is 13.3. The minimum absolute atomic E-state index is 0.0218. The fourth-order valence-electron chi connectivity index (χ4n) is 1.61. The van der Waals surface area contributed by atoms with E-state index < -0.39 is 11.7 Å². The second kappa shape index (κ2) is 7.18. The molecule has 2 rings (SSSR count). The van der Waals surface area contributed by atoms with Crippen molar-refractivity contribution in [1.29, 1.82) is 0 Å². The molecule has 6 nitrogen and oxygen atoms in total. The Labute approximate surface area is 120 Å². The Bertz CT molecular complexity index is 672. The van der Waals surface area contributed by atoms with Gasteiger partial charge >= 0.3 is 0 Å². The molecule has 21 heavy (non-hydrogen) atoms. The van der Waals surface area contributed by atoms with Crippen molar-refractivity contribution >= 4 is 5.91 Å². The predicted molar refractivity (Wildman–Crippen MR) is 73.4 cm³/mol. The van der Waals surface area contributed by atoms with Crippen LogP contribution in [0.2, 0.25) is 0 Å². The fourth-order valence-corrected chi connectivity index (χ4v) is 1.61. The second-order valence-corrected chi connectivity index (χ2v) is 4.15. The van der Waals surface area contributed by atoms with E-state index in [1.54, 1.807) is 12.1 Å². The molecule has 0 saturated carbocycles. The Morgan fingerprint density at radius 2 is 2.10 bits per heavy atom. The first kappa shape index (κ1) is 14.7. The zero-order valence-corrected chi connectivity index (χ0v) is 11.2. The van der Waals surface area contributed by atoms with E-state index in [0.717, 1.165) is 0 Å². The molecule has 1 amide bonds. The van der Waals surface area contributed by atoms with Gasteiger partial charge in [0.15, 0.2) is 18.2 Å². The number of hydrogen-bond donors (Lipinski definition) is 1. The first-order valence-corrected chi connectivity index (χ1v) is 6.33. The summed E-state index contributed by atoms with van der Waals surface area (Å²) >= 11 is 0. The van der Waals surface area contributed by atoms with Crippen LogP contribution in [0.5, 0.6) is 5.75 Å². The van der Waals surface area contributed by atoms with Gasteiger partial charge in [0.25, 0.3) is 11.5 Å². The first-order valence-electron chi connectivity index (χ1n) is 6.33. The summed E-state index contributed by atoms with van der Waals surface area (Å²) < 4.78 is 19.5. The van der Waals surface area contributed by atoms with Gasteiger partial charge in [-0.05, 0) is 18.2 Å². The monoisotopic (exact) mass is 291 g/mol. The number of hydrogen-bond acceptors (Lipinski definition) is 4. The number of rotatable bonds is 6. The van der Waals surface area contributed by atoms with Gasteiger partial charge in [-0.3, -0.25) is 9.59 Å². The molecule has 2 aromatic rings. The molecule has 1 N–H and O–H groups in total. The fraction of sp³-hybridized carbons (Fsp3) is 0.214. The van der Waals surface area contributed by atoms with Gasteiger partial charge in [-0.1, -0.05) is 12.1 Å². The van der Waals surface area contributed by atoms with Crippen LogP contribution in [0.15, 0.2) is 47.4 Å². The van der Waals surface area contributed by atoms with Crippen LogP contribution in [0.1, 0.15) is 0 Å². The van der Waals surface area contributed by atoms with Crippen molar-refractivity contribution in [2.75, 3.05) is 13.2 Å². The van der Waals surface area contributed by atoms with Gasteiger partial charge in [0.1, 0.15) is 0 Å². The van der Waals surface area contributed by atoms with Crippen LogP contribution in [-0.4, -0.2) is 28.8 Å². The van der Waals surface area contributed by atoms with E-state index in [1.165, 1.54) is 35.1 Å². The molecule has 0 aliphatic carbocycles. The molecule has 0 atom stereocenters. The summed E-state index contributed by atoms with van der Waals surface area (Å²) in [7, 11) is 0. The first-order chi connectivity index (χ1) is 10.2. The number of carbonyl (C=O) groups excluding carboxylic acids is 1. The van der Waals surface area contributed by atoms with Gasteiger partial charge in [0, 0.05) is 18.8 Å². The minimum atomic E-state index is -0.523. The van der Waals surface area contributed by atoms with E-state index in [-0.39, 0.29) is 31.0 Å². The maximum Gasteiger partial charge on any atom is 0.266 e. The molecule has 1 aromatic carbocycles. The summed E-state index contributed by atoms with van der Waals surface area (Å²) in [4.78, 5) is 22.9. The summed E-state index contributed by atoms with van der Waals surface area (Å²) in [5.41, 5.74) is -0.241. The van der Waals surface area contributed by atoms with Gasteiger partial charge in [0.05, 0.1) is 6.54 Å². The quantitative estimate of drug-likeness (QED) is 0.845. The van der Waals surface area contributed by atoms with Crippen molar-refractivity contribution in [3.8, 4) is 5.75 Å². The molecule has 0 radical (unpaired) electrons. The van der Waals surface area contributed by atoms with Gasteiger partial charge in [-0.2, -0.15) is 5.10 Å². The number of nitrogens with one attached hydrogen (secondary N) is 1. The molecule has 110 valence electrons. The van der Waals surface area contributed by atoms with E-state index in [9.17, 15) is 14.0 Å². The van der Waals surface area contributed by atoms with E-state index in [1.807, 2.05) is 0 Å². The molecule has 0 bridgehead atoms. The molecule has 0 aliphatic heterocycles. The normalized spacial score (nSPS) is 10.1. The average molecular weight is 291 g/mol. The molecule has 7 heteroatoms. The van der Waals surface area contributed by atoms with Crippen LogP contribution in [0, 0.1) is 5.82 Å². The van der Waals surface area contributed by atoms with Crippen molar-refractivity contribution < 1.29 is 13.9 Å². The Balaban J connectivity index is 1.74. The van der Waals surface area contributed by atoms with Crippen LogP contribution in [0.4, 0.5) is 4.39 Å². The second-order valence-electron chi connectivity index (χ2n) is 4.15. The van der Waals surface area contributed by atoms with Crippen molar-refractivity contribution in [2.24, 2.45) is 0 Å². The van der Waals surface area contributed by atoms with E-state index in [2.05, 4.69) is 10.4 Å². The number of para-hydroxylation sites is 1. The highest BCUT2D eigenvalue weighted by molar-refractivity contribution is 5.77. The van der Waals surface area contributed by atoms with Crippen LogP contribution < -0.4 is 15.6 Å². The lowest BCUT2D eigenvalue weighted by molar-refractivity contribution is -0.123. The third-order valence-corrected chi connectivity index (χ3v) is 2.63. The maximum absolute atomic E-state index is 13.3. The van der Waals surface area contributed by atoms with Crippen molar-refractivity contribution in [1.82, 2.24) is 15.1 Å². The molecular formula is C14H14FN3O3. The summed E-state index contributed by atoms with van der Waals surface area (Å²) in [6.45, 7) is 0.194. The van der Waals surface area contributed by atoms with Crippen LogP contribution in [0.25, 0.3) is 0 Å². The van der Waals surface area contributed by atoms with Crippen molar-refractivity contribution in [3.63, 3.8) is 0 Å². The van der Waals surface area contributed by atoms with Gasteiger partial charge in [-0.15, -0.1) is 0 Å². The van der Waals surface area contributed by atoms with Crippen LogP contribution in [-0.2, 0) is 11.3 Å². The van der Waals surface area contributed by atoms with Gasteiger partial charge in [-0.25, -0.2) is 9.07 Å². The molecule has 1 heterocycles. The molecule has 0 aliphatic rings. The van der Waals surface area contributed by atoms with E-state index in [4.69, 9.17) is 4.74 Å². The molecule has 0 fully saturated rings. The highest BCUT2D eigenvalue weighted by atomic mass is 19.1. The topological polar surface area (TPSA) is 73.2 Å². The Morgan fingerprint density at radius 1 is 1.29 bits per heavy atom. The number of ether oxygens (including phenoxy) is 1. The average Bonchev–Trinajstić information content (AvgIpc) is 2.48. The number of benzene rings is 1. The third-order valence-electron chi connectivity index (χ3n) is 2.63. The Kier molecular flexibility index (Phi) is 5.03. The zero-order chi connectivity index (χ0) is 15.1. The molecule has 1 aromatic heterocycles. The highest BCUT2D eigenvalue weighted by Gasteiger charge is 2.06. The Morgan fingerprint density at radius 3 is 2.86 bits per heavy atom. The lowest BCUT2D eigenvalue weighted by Crippen LogP contribution is -2.34. The minimum Gasteiger partial charge on any atom is -0.481 e. The van der Waals surface area contributed by atoms with Gasteiger partial charge in [0.2, 0.25) is 0 Å². The standard InChI is InChI=1S/C14H14FN3O3/c15-11-4-1-2-5-12(11)21-10-13(19)16-8-9-18-14(20)6-3-7-17-18/h1-7H,8-10H2,(H,16,19). The number of amides is 1. The lowest BCUT2D eigenvalue weighted by Gasteiger charge is -2.08. The van der Waals surface area contributed by atoms with E-state index >= 15 is 0 Å². The van der Waals surface area contributed by atoms with Crippen molar-refractivity contribution in [2.45, 2.75) is 6.54 Å². The number of nitrogens with zero attached hydrogens (tertiary/aromatic N) is 2.